The molecule has 6 atom stereocenters. The fraction of sp³-hybridized carbons (Fsp3) is 0.568. The first-order valence-corrected chi connectivity index (χ1v) is 46.2. The Morgan fingerprint density at radius 1 is 0.480 bits per heavy atom. The van der Waals surface area contributed by atoms with Crippen molar-refractivity contribution in [2.45, 2.75) is 272 Å². The third kappa shape index (κ3) is 48.2. The zero-order chi connectivity index (χ0) is 90.5. The van der Waals surface area contributed by atoms with Gasteiger partial charge in [0, 0.05) is 130 Å². The quantitative estimate of drug-likeness (QED) is 0.0347. The normalized spacial score (nSPS) is 17.7. The first-order valence-electron chi connectivity index (χ1n) is 43.4. The summed E-state index contributed by atoms with van der Waals surface area (Å²) in [7, 11) is 28.2. The molecule has 6 aliphatic rings. The van der Waals surface area contributed by atoms with Gasteiger partial charge in [0.05, 0.1) is 69.7 Å². The van der Waals surface area contributed by atoms with Gasteiger partial charge < -0.3 is 46.0 Å². The topological polar surface area (TPSA) is 236 Å². The minimum Gasteiger partial charge on any atom is -0.167 e. The first kappa shape index (κ1) is 120. The number of carbonyl (C=O) groups excluding carboxylic acids is 1. The molecule has 6 aromatic rings. The van der Waals surface area contributed by atoms with E-state index in [4.69, 9.17) is 46.5 Å². The average molecular weight is 2090 g/mol. The second-order valence-corrected chi connectivity index (χ2v) is 38.0. The molecule has 28 heteroatoms. The Balaban J connectivity index is -0.00000137. The number of carbonyl (C=O) groups is 1. The minimum atomic E-state index is -0.833. The second-order valence-electron chi connectivity index (χ2n) is 33.4. The van der Waals surface area contributed by atoms with Crippen molar-refractivity contribution in [1.82, 2.24) is 14.7 Å². The molecule has 7 N–H and O–H groups in total. The van der Waals surface area contributed by atoms with Crippen molar-refractivity contribution in [3.05, 3.63) is 213 Å². The largest absolute Gasteiger partial charge is 0.167 e. The van der Waals surface area contributed by atoms with Crippen LogP contribution in [0.15, 0.2) is 180 Å². The van der Waals surface area contributed by atoms with E-state index >= 15 is 0 Å². The van der Waals surface area contributed by atoms with Gasteiger partial charge in [-0.2, -0.15) is 25.8 Å². The third-order valence-electron chi connectivity index (χ3n) is 23.1. The monoisotopic (exact) mass is 2090 g/mol. The van der Waals surface area contributed by atoms with Crippen molar-refractivity contribution in [3.63, 3.8) is 0 Å². The minimum absolute atomic E-state index is 0. The molecule has 0 saturated heterocycles. The van der Waals surface area contributed by atoms with Crippen molar-refractivity contribution < 1.29 is 76.8 Å². The number of nitrogens with zero attached hydrogens (tertiary/aromatic N) is 5. The molecule has 0 aromatic heterocycles. The molecule has 6 saturated carbocycles. The number of nitrogens with two attached hydrogens (primary N) is 1. The van der Waals surface area contributed by atoms with Crippen LogP contribution in [0.25, 0.3) is 0 Å². The number of likely N-dealkylation sites (N-methyl/N-ethyl adjacent to an activating group) is 3. The van der Waals surface area contributed by atoms with Crippen molar-refractivity contribution >= 4 is 141 Å². The maximum absolute atomic E-state index is 11.1. The van der Waals surface area contributed by atoms with E-state index in [9.17, 15) is 35.6 Å². The van der Waals surface area contributed by atoms with Crippen molar-refractivity contribution in [2.24, 2.45) is 11.1 Å². The van der Waals surface area contributed by atoms with Gasteiger partial charge in [0.1, 0.15) is 11.5 Å². The number of rotatable bonds is 18. The van der Waals surface area contributed by atoms with Crippen LogP contribution in [-0.4, -0.2) is 186 Å². The Kier molecular flexibility index (Phi) is 67.5. The van der Waals surface area contributed by atoms with Crippen LogP contribution in [0, 0.1) is 28.1 Å². The van der Waals surface area contributed by atoms with Gasteiger partial charge in [0.25, 0.3) is 0 Å². The summed E-state index contributed by atoms with van der Waals surface area (Å²) in [5.41, 5.74) is 10.8. The van der Waals surface area contributed by atoms with Gasteiger partial charge in [-0.05, 0) is 231 Å². The van der Waals surface area contributed by atoms with E-state index in [1.54, 1.807) is 19.0 Å². The molecular formula is C95H141B6Br5N6O8PV2. The molecule has 0 spiro atoms. The molecule has 0 bridgehead atoms. The van der Waals surface area contributed by atoms with Crippen LogP contribution >= 0.6 is 89.5 Å². The number of Topliss-reactive ketones (excluding diaryl/α,β-unsaturated/α-hetero) is 1. The molecule has 123 heavy (non-hydrogen) atoms. The summed E-state index contributed by atoms with van der Waals surface area (Å²) in [5.74, 6) is 1.37. The summed E-state index contributed by atoms with van der Waals surface area (Å²) in [6, 6.07) is 52.7. The zero-order valence-corrected chi connectivity index (χ0v) is 86.1. The van der Waals surface area contributed by atoms with Crippen LogP contribution < -0.4 is 5.73 Å². The van der Waals surface area contributed by atoms with E-state index < -0.39 is 28.3 Å². The van der Waals surface area contributed by atoms with Crippen molar-refractivity contribution in [1.29, 1.82) is 13.2 Å². The Labute approximate surface area is 821 Å². The SMILES string of the molecule is C.CN(C)CC(c1ccc(Br)cc1)C1(C)CCCCC1.CN(C)CC(c1ccc(Br)cc1)C1(O)CCCCC1.CN(C)CC(c1ccc(O)cc1)C1(O)CCCCC1.N#CC(c1ccc(Br)cc1)C1(O)CCCCC1.N#CCc1ccc(Br)cc1.NCC(c1ccc(Br)cc1)C1(O)CCCCC1.O=C1CCCCC1.P.[2H]B=O.[2H]B=O.[B]C([B])=C.[B][B]C.[V].[V]. The van der Waals surface area contributed by atoms with Crippen LogP contribution in [0.1, 0.15) is 270 Å². The standard InChI is InChI=1S/C17H26BrN.C16H24BrNO.C16H25NO2.C14H20BrNO.C14H16BrNO.C8H6BrN.C6H10O.C2H2B2.CH3B2.CH4.2BHO.H3P.2V/c1-17(11-5-4-6-12-17)16(13-19(2)3)14-7-9-15(18)10-8-14;1-18(2)12-15(13-6-8-14(17)9-7-13)16(19)10-4-3-5-11-16;1-17(2)12-15(13-6-8-14(18)9-7-13)16(19)10-4-3-5-11-16;2*15-12-6-4-11(5-7-12)13(10-16)14(17)8-2-1-3-9-14;9-8-3-1-7(2-4-8)5-6-10;7-6-4-2-1-3-5-6;1-2(3)4;1-3-2;;2*1-2;;;/h7-10,16H,4-6,11-13H2,1-3H3;6-9,15,19H,3-5,10-12H2,1-2H3;6-9,15,18-19H,3-5,10-12H2,1-2H3;4-7,13,17H,1-3,8-10,16H2;4-7,13,17H,1-3,8-9H2;1-4H,5H2;1-5H2;1H2;1H3;1H4;2*1H;1H3;;/i;;;;;;;;;;2*1D;;;. The molecule has 0 amide bonds. The number of phenolic OH excluding ortho intramolecular Hbond substituents is 1. The van der Waals surface area contributed by atoms with Gasteiger partial charge in [-0.3, -0.25) is 4.79 Å². The van der Waals surface area contributed by atoms with E-state index in [1.165, 1.54) is 87.0 Å². The van der Waals surface area contributed by atoms with Crippen LogP contribution in [0.4, 0.5) is 0 Å². The Hall–Kier alpha value is -2.82. The summed E-state index contributed by atoms with van der Waals surface area (Å²) in [6.45, 7) is 10.8. The summed E-state index contributed by atoms with van der Waals surface area (Å²) in [6.07, 6.45) is 33.2. The molecule has 0 aliphatic heterocycles. The summed E-state index contributed by atoms with van der Waals surface area (Å²) in [4.78, 5) is 17.1. The summed E-state index contributed by atoms with van der Waals surface area (Å²) < 4.78 is 33.4. The molecule has 12 rings (SSSR count). The summed E-state index contributed by atoms with van der Waals surface area (Å²) >= 11 is 17.2. The Morgan fingerprint density at radius 2 is 0.715 bits per heavy atom. The second kappa shape index (κ2) is 69.1. The van der Waals surface area contributed by atoms with Crippen LogP contribution in [0.5, 0.6) is 5.75 Å². The molecule has 0 heterocycles. The Morgan fingerprint density at radius 3 is 0.984 bits per heavy atom. The maximum atomic E-state index is 11.1. The van der Waals surface area contributed by atoms with Gasteiger partial charge in [-0.1, -0.05) is 270 Å². The van der Waals surface area contributed by atoms with E-state index in [0.29, 0.717) is 30.1 Å². The number of nitriles is 2. The fourth-order valence-corrected chi connectivity index (χ4v) is 18.3. The van der Waals surface area contributed by atoms with E-state index in [-0.39, 0.29) is 98.7 Å². The number of phenols is 1. The molecule has 6 aliphatic carbocycles. The molecule has 14 nitrogen and oxygen atoms in total. The maximum Gasteiger partial charge on any atom is 0.0915 e. The van der Waals surface area contributed by atoms with Gasteiger partial charge in [-0.25, -0.2) is 0 Å². The Bertz CT molecular complexity index is 3680. The van der Waals surface area contributed by atoms with Crippen LogP contribution in [0.3, 0.4) is 0 Å². The van der Waals surface area contributed by atoms with Crippen LogP contribution in [0.2, 0.25) is 6.82 Å². The fourth-order valence-electron chi connectivity index (χ4n) is 17.0. The van der Waals surface area contributed by atoms with E-state index in [1.807, 2.05) is 86.9 Å². The third-order valence-corrected chi connectivity index (χ3v) is 25.8. The predicted octanol–water partition coefficient (Wildman–Crippen LogP) is 21.3. The molecular weight excluding hydrogens is 1950 g/mol. The first-order chi connectivity index (χ1) is 57.5. The van der Waals surface area contributed by atoms with Gasteiger partial charge >= 0.3 is 27.4 Å². The molecule has 9 radical (unpaired) electrons. The van der Waals surface area contributed by atoms with E-state index in [2.05, 4.69) is 209 Å². The number of halogens is 5. The van der Waals surface area contributed by atoms with E-state index in [0.717, 1.165) is 188 Å². The smallest absolute Gasteiger partial charge is 0.0915 e. The number of aliphatic hydroxyl groups is 4. The molecule has 6 unspecified atom stereocenters. The number of hydrogen-bond donors (Lipinski definition) is 6. The van der Waals surface area contributed by atoms with Gasteiger partial charge in [0.2, 0.25) is 0 Å². The van der Waals surface area contributed by atoms with Crippen LogP contribution in [-0.2, 0) is 57.7 Å². The number of ketones is 1. The zero-order valence-electron chi connectivity index (χ0n) is 75.9. The summed E-state index contributed by atoms with van der Waals surface area (Å²) in [5, 5.41) is 70.7. The predicted molar refractivity (Wildman–Crippen MR) is 535 cm³/mol. The molecule has 667 valence electrons. The molecule has 6 aromatic carbocycles. The van der Waals surface area contributed by atoms with Crippen molar-refractivity contribution in [3.8, 4) is 17.9 Å². The molecule has 6 fully saturated rings. The number of hydrogen-bond acceptors (Lipinski definition) is 14. The average Bonchev–Trinajstić information content (AvgIpc) is 0.832. The van der Waals surface area contributed by atoms with Gasteiger partial charge in [-0.15, -0.1) is 13.4 Å². The van der Waals surface area contributed by atoms with Crippen molar-refractivity contribution in [2.75, 3.05) is 68.5 Å². The number of aromatic hydroxyl groups is 1. The van der Waals surface area contributed by atoms with Gasteiger partial charge in [0.15, 0.2) is 0 Å². The number of benzene rings is 6.